The van der Waals surface area contributed by atoms with Crippen molar-refractivity contribution in [1.82, 2.24) is 0 Å². The summed E-state index contributed by atoms with van der Waals surface area (Å²) in [6.45, 7) is 7.18. The first-order chi connectivity index (χ1) is 9.89. The fourth-order valence-corrected chi connectivity index (χ4v) is 11.4. The van der Waals surface area contributed by atoms with Gasteiger partial charge in [-0.3, -0.25) is 0 Å². The van der Waals surface area contributed by atoms with Gasteiger partial charge in [-0.05, 0) is 0 Å². The Kier molecular flexibility index (Phi) is 8.21. The van der Waals surface area contributed by atoms with Gasteiger partial charge in [0.15, 0.2) is 0 Å². The minimum absolute atomic E-state index is 1.24. The van der Waals surface area contributed by atoms with Crippen LogP contribution in [0.3, 0.4) is 0 Å². The van der Waals surface area contributed by atoms with E-state index in [4.69, 9.17) is 0 Å². The molecule has 0 aromatic rings. The van der Waals surface area contributed by atoms with Crippen LogP contribution >= 0.6 is 0 Å². The molecular formula is C19H34Ti2. The molecule has 2 aliphatic rings. The SMILES string of the molecule is C[CH2][Ti]([CH2]C)([CH2]C)[C]1=CC=CC1.[CH3][Ti]([CH3])([CH3])[C]1=CC=CC1. The van der Waals surface area contributed by atoms with Gasteiger partial charge in [0.1, 0.15) is 0 Å². The molecule has 0 amide bonds. The van der Waals surface area contributed by atoms with Gasteiger partial charge >= 0.3 is 141 Å². The molecule has 2 heteroatoms. The molecule has 0 fully saturated rings. The molecule has 0 radical (unpaired) electrons. The Morgan fingerprint density at radius 2 is 1.19 bits per heavy atom. The summed E-state index contributed by atoms with van der Waals surface area (Å²) in [5.74, 6) is 0. The van der Waals surface area contributed by atoms with Crippen LogP contribution in [0, 0.1) is 0 Å². The van der Waals surface area contributed by atoms with Crippen molar-refractivity contribution >= 4 is 0 Å². The maximum atomic E-state index is 2.44. The summed E-state index contributed by atoms with van der Waals surface area (Å²) in [4.78, 5) is 0. The summed E-state index contributed by atoms with van der Waals surface area (Å²) >= 11 is -2.89. The molecule has 0 heterocycles. The second-order valence-electron chi connectivity index (χ2n) is 7.24. The van der Waals surface area contributed by atoms with E-state index in [-0.39, 0.29) is 0 Å². The van der Waals surface area contributed by atoms with Crippen LogP contribution in [0.15, 0.2) is 44.2 Å². The van der Waals surface area contributed by atoms with Gasteiger partial charge in [0.05, 0.1) is 0 Å². The van der Waals surface area contributed by atoms with Gasteiger partial charge in [0.2, 0.25) is 0 Å². The quantitative estimate of drug-likeness (QED) is 0.448. The van der Waals surface area contributed by atoms with Crippen molar-refractivity contribution in [2.75, 3.05) is 0 Å². The molecule has 0 unspecified atom stereocenters. The summed E-state index contributed by atoms with van der Waals surface area (Å²) < 4.78 is 7.99. The Morgan fingerprint density at radius 3 is 1.43 bits per heavy atom. The van der Waals surface area contributed by atoms with Gasteiger partial charge in [0, 0.05) is 0 Å². The second-order valence-corrected chi connectivity index (χ2v) is 23.6. The van der Waals surface area contributed by atoms with Crippen LogP contribution < -0.4 is 0 Å². The van der Waals surface area contributed by atoms with E-state index in [0.29, 0.717) is 0 Å². The first-order valence-electron chi connectivity index (χ1n) is 8.62. The van der Waals surface area contributed by atoms with Gasteiger partial charge in [-0.2, -0.15) is 0 Å². The first-order valence-corrected chi connectivity index (χ1v) is 18.2. The molecule has 0 saturated heterocycles. The Morgan fingerprint density at radius 1 is 0.762 bits per heavy atom. The predicted molar refractivity (Wildman–Crippen MR) is 92.7 cm³/mol. The molecular weight excluding hydrogens is 324 g/mol. The van der Waals surface area contributed by atoms with Crippen LogP contribution in [0.4, 0.5) is 0 Å². The molecule has 118 valence electrons. The fraction of sp³-hybridized carbons (Fsp3) is 0.579. The van der Waals surface area contributed by atoms with Crippen molar-refractivity contribution in [3.05, 3.63) is 44.2 Å². The van der Waals surface area contributed by atoms with Crippen LogP contribution in [-0.2, 0) is 33.2 Å². The third kappa shape index (κ3) is 5.50. The first kappa shape index (κ1) is 19.4. The van der Waals surface area contributed by atoms with Crippen LogP contribution in [0.1, 0.15) is 33.6 Å². The van der Waals surface area contributed by atoms with Gasteiger partial charge in [0.25, 0.3) is 0 Å². The summed E-state index contributed by atoms with van der Waals surface area (Å²) in [7, 11) is 0. The van der Waals surface area contributed by atoms with Crippen LogP contribution in [0.2, 0.25) is 29.9 Å². The summed E-state index contributed by atoms with van der Waals surface area (Å²) in [6, 6.07) is 0. The van der Waals surface area contributed by atoms with Crippen molar-refractivity contribution < 1.29 is 33.2 Å². The third-order valence-corrected chi connectivity index (χ3v) is 17.9. The van der Waals surface area contributed by atoms with Gasteiger partial charge in [-0.25, -0.2) is 0 Å². The Labute approximate surface area is 140 Å². The average molecular weight is 358 g/mol. The molecule has 0 aliphatic heterocycles. The number of allylic oxidation sites excluding steroid dienone is 8. The fourth-order valence-electron chi connectivity index (χ4n) is 3.28. The van der Waals surface area contributed by atoms with E-state index in [1.54, 1.807) is 3.88 Å². The van der Waals surface area contributed by atoms with Crippen molar-refractivity contribution in [2.45, 2.75) is 63.5 Å². The molecule has 0 atom stereocenters. The molecule has 0 aromatic carbocycles. The normalized spacial score (nSPS) is 17.4. The predicted octanol–water partition coefficient (Wildman–Crippen LogP) is 7.43. The maximum absolute atomic E-state index is 2.44. The monoisotopic (exact) mass is 358 g/mol. The zero-order chi connectivity index (χ0) is 15.9. The van der Waals surface area contributed by atoms with Gasteiger partial charge < -0.3 is 0 Å². The summed E-state index contributed by atoms with van der Waals surface area (Å²) in [6.07, 6.45) is 16.2. The standard InChI is InChI=1S/2C5H5.3C2H5.3CH3.2Ti/c2*1-2-4-5-3-1;3*1-2;;;;;/h2*1-3H,4H2;3*1H2,2H3;3*1H3;;. The van der Waals surface area contributed by atoms with Crippen molar-refractivity contribution in [1.29, 1.82) is 0 Å². The molecule has 2 aliphatic carbocycles. The van der Waals surface area contributed by atoms with E-state index in [1.165, 1.54) is 27.0 Å². The Hall–Kier alpha value is 0.389. The van der Waals surface area contributed by atoms with E-state index in [1.807, 2.05) is 3.88 Å². The van der Waals surface area contributed by atoms with E-state index < -0.39 is 33.2 Å². The van der Waals surface area contributed by atoms with E-state index in [0.717, 1.165) is 0 Å². The van der Waals surface area contributed by atoms with Crippen molar-refractivity contribution in [3.8, 4) is 0 Å². The van der Waals surface area contributed by atoms with Gasteiger partial charge in [-0.15, -0.1) is 0 Å². The average Bonchev–Trinajstić information content (AvgIpc) is 3.15. The van der Waals surface area contributed by atoms with Gasteiger partial charge in [-0.1, -0.05) is 0 Å². The third-order valence-electron chi connectivity index (χ3n) is 5.22. The Bertz CT molecular complexity index is 432. The van der Waals surface area contributed by atoms with Crippen molar-refractivity contribution in [3.63, 3.8) is 0 Å². The molecule has 0 bridgehead atoms. The number of rotatable bonds is 5. The number of hydrogen-bond donors (Lipinski definition) is 0. The molecule has 0 N–H and O–H groups in total. The molecule has 0 nitrogen and oxygen atoms in total. The molecule has 0 spiro atoms. The van der Waals surface area contributed by atoms with Crippen LogP contribution in [0.5, 0.6) is 0 Å². The molecule has 2 rings (SSSR count). The molecule has 0 aromatic heterocycles. The van der Waals surface area contributed by atoms with E-state index in [9.17, 15) is 0 Å². The van der Waals surface area contributed by atoms with E-state index in [2.05, 4.69) is 72.9 Å². The zero-order valence-corrected chi connectivity index (χ0v) is 18.1. The molecule has 21 heavy (non-hydrogen) atoms. The van der Waals surface area contributed by atoms with E-state index >= 15 is 0 Å². The second kappa shape index (κ2) is 8.87. The minimum atomic E-state index is -1.51. The topological polar surface area (TPSA) is 0 Å². The van der Waals surface area contributed by atoms with Crippen LogP contribution in [0.25, 0.3) is 0 Å². The zero-order valence-electron chi connectivity index (χ0n) is 15.0. The Balaban J connectivity index is 0.000000219. The number of hydrogen-bond acceptors (Lipinski definition) is 0. The summed E-state index contributed by atoms with van der Waals surface area (Å²) in [5, 5.41) is 7.33. The van der Waals surface area contributed by atoms with Crippen LogP contribution in [-0.4, -0.2) is 0 Å². The molecule has 0 saturated carbocycles. The summed E-state index contributed by atoms with van der Waals surface area (Å²) in [5.41, 5.74) is 0. The van der Waals surface area contributed by atoms with Crippen molar-refractivity contribution in [2.24, 2.45) is 0 Å².